The summed E-state index contributed by atoms with van der Waals surface area (Å²) in [5.41, 5.74) is -1.96. The van der Waals surface area contributed by atoms with Crippen LogP contribution in [0, 0.1) is 11.6 Å². The van der Waals surface area contributed by atoms with Crippen LogP contribution in [-0.4, -0.2) is 47.0 Å². The van der Waals surface area contributed by atoms with Crippen LogP contribution in [0.4, 0.5) is 33.5 Å². The van der Waals surface area contributed by atoms with Gasteiger partial charge < -0.3 is 19.5 Å². The third kappa shape index (κ3) is 7.23. The van der Waals surface area contributed by atoms with Gasteiger partial charge in [-0.15, -0.1) is 0 Å². The summed E-state index contributed by atoms with van der Waals surface area (Å²) in [6.07, 6.45) is -2.93. The van der Waals surface area contributed by atoms with Crippen molar-refractivity contribution in [3.8, 4) is 11.5 Å². The molecule has 1 atom stereocenters. The molecule has 17 heteroatoms. The van der Waals surface area contributed by atoms with Crippen LogP contribution < -0.4 is 15.0 Å². The van der Waals surface area contributed by atoms with E-state index in [-0.39, 0.29) is 73.7 Å². The van der Waals surface area contributed by atoms with Crippen molar-refractivity contribution in [2.45, 2.75) is 38.3 Å². The number of carbonyl (C=O) groups is 3. The van der Waals surface area contributed by atoms with Crippen molar-refractivity contribution in [2.75, 3.05) is 23.4 Å². The molecule has 7 rings (SSSR count). The monoisotopic (exact) mass is 818 g/mol. The van der Waals surface area contributed by atoms with E-state index in [1.807, 2.05) is 0 Å². The largest absolute Gasteiger partial charge is 0.453 e. The van der Waals surface area contributed by atoms with Crippen LogP contribution in [0.1, 0.15) is 55.9 Å². The molecule has 1 N–H and O–H groups in total. The van der Waals surface area contributed by atoms with E-state index in [9.17, 15) is 36.3 Å². The predicted molar refractivity (Wildman–Crippen MR) is 185 cm³/mol. The quantitative estimate of drug-likeness (QED) is 0.117. The Balaban J connectivity index is 1.41. The number of aromatic nitrogens is 2. The number of fused-ring (bicyclic) bond motifs is 2. The Morgan fingerprint density at radius 2 is 1.74 bits per heavy atom. The van der Waals surface area contributed by atoms with Gasteiger partial charge in [-0.2, -0.15) is 18.3 Å². The molecule has 53 heavy (non-hydrogen) atoms. The fraction of sp³-hybridized carbons (Fsp3) is 0.222. The van der Waals surface area contributed by atoms with E-state index in [0.717, 1.165) is 29.9 Å². The number of anilines is 2. The summed E-state index contributed by atoms with van der Waals surface area (Å²) in [4.78, 5) is 42.0. The second-order valence-corrected chi connectivity index (χ2v) is 13.3. The Morgan fingerprint density at radius 3 is 2.42 bits per heavy atom. The van der Waals surface area contributed by atoms with Crippen molar-refractivity contribution in [2.24, 2.45) is 0 Å². The van der Waals surface area contributed by atoms with Gasteiger partial charge in [0.1, 0.15) is 17.4 Å². The van der Waals surface area contributed by atoms with Gasteiger partial charge in [-0.25, -0.2) is 13.7 Å². The van der Waals surface area contributed by atoms with Gasteiger partial charge in [-0.1, -0.05) is 23.7 Å². The first-order chi connectivity index (χ1) is 25.3. The van der Waals surface area contributed by atoms with Crippen LogP contribution in [0.15, 0.2) is 71.2 Å². The smallest absolute Gasteiger partial charge is 0.416 e. The van der Waals surface area contributed by atoms with Crippen molar-refractivity contribution in [3.05, 3.63) is 110 Å². The molecule has 3 heterocycles. The molecular weight excluding hydrogens is 795 g/mol. The van der Waals surface area contributed by atoms with Gasteiger partial charge in [0.2, 0.25) is 0 Å². The zero-order valence-electron chi connectivity index (χ0n) is 27.1. The van der Waals surface area contributed by atoms with Gasteiger partial charge >= 0.3 is 6.18 Å². The van der Waals surface area contributed by atoms with E-state index in [4.69, 9.17) is 25.8 Å². The van der Waals surface area contributed by atoms with Crippen molar-refractivity contribution in [1.29, 1.82) is 0 Å². The number of imide groups is 1. The Labute approximate surface area is 310 Å². The maximum atomic E-state index is 14.5. The molecule has 1 fully saturated rings. The zero-order valence-corrected chi connectivity index (χ0v) is 29.4. The van der Waals surface area contributed by atoms with Crippen molar-refractivity contribution < 1.29 is 50.5 Å². The SMILES string of the molecule is O=C(Nc1cc(Br)c2c(c(N3C(=O)c4ccccc4C3=O)nn2CCOC2CCCCO2)c1Oc1cc(F)ccc1Cl)c1cc(F)cc(C(F)(F)F)c1. The number of benzene rings is 4. The van der Waals surface area contributed by atoms with Crippen molar-refractivity contribution in [3.63, 3.8) is 0 Å². The van der Waals surface area contributed by atoms with E-state index in [2.05, 4.69) is 26.3 Å². The highest BCUT2D eigenvalue weighted by Gasteiger charge is 2.41. The summed E-state index contributed by atoms with van der Waals surface area (Å²) in [5, 5.41) is 6.94. The highest BCUT2D eigenvalue weighted by Crippen LogP contribution is 2.48. The number of halogens is 7. The fourth-order valence-corrected chi connectivity index (χ4v) is 6.84. The number of nitrogens with zero attached hydrogens (tertiary/aromatic N) is 3. The number of hydrogen-bond acceptors (Lipinski definition) is 7. The highest BCUT2D eigenvalue weighted by molar-refractivity contribution is 9.10. The number of hydrogen-bond donors (Lipinski definition) is 1. The second-order valence-electron chi connectivity index (χ2n) is 12.0. The molecule has 3 amide bonds. The van der Waals surface area contributed by atoms with E-state index >= 15 is 0 Å². The molecule has 0 bridgehead atoms. The molecule has 1 saturated heterocycles. The Morgan fingerprint density at radius 1 is 1.00 bits per heavy atom. The molecule has 0 saturated carbocycles. The lowest BCUT2D eigenvalue weighted by Gasteiger charge is -2.22. The molecule has 1 unspecified atom stereocenters. The molecule has 2 aliphatic heterocycles. The molecule has 0 spiro atoms. The topological polar surface area (TPSA) is 112 Å². The first-order valence-electron chi connectivity index (χ1n) is 16.1. The summed E-state index contributed by atoms with van der Waals surface area (Å²) in [7, 11) is 0. The fourth-order valence-electron chi connectivity index (χ4n) is 6.05. The van der Waals surface area contributed by atoms with E-state index in [1.165, 1.54) is 28.9 Å². The maximum absolute atomic E-state index is 14.5. The van der Waals surface area contributed by atoms with Gasteiger partial charge in [0.15, 0.2) is 17.9 Å². The van der Waals surface area contributed by atoms with Gasteiger partial charge in [0.05, 0.1) is 51.5 Å². The minimum atomic E-state index is -4.97. The van der Waals surface area contributed by atoms with E-state index in [1.54, 1.807) is 12.1 Å². The molecular formula is C36H25BrClF5N4O6. The summed E-state index contributed by atoms with van der Waals surface area (Å²) in [6.45, 7) is 0.657. The third-order valence-electron chi connectivity index (χ3n) is 8.49. The lowest BCUT2D eigenvalue weighted by Crippen LogP contribution is -2.30. The van der Waals surface area contributed by atoms with E-state index in [0.29, 0.717) is 25.2 Å². The summed E-state index contributed by atoms with van der Waals surface area (Å²) in [5.74, 6) is -5.59. The predicted octanol–water partition coefficient (Wildman–Crippen LogP) is 9.14. The van der Waals surface area contributed by atoms with Crippen LogP contribution in [0.3, 0.4) is 0 Å². The van der Waals surface area contributed by atoms with Gasteiger partial charge in [-0.3, -0.25) is 19.1 Å². The minimum Gasteiger partial charge on any atom is -0.453 e. The molecule has 1 aromatic heterocycles. The van der Waals surface area contributed by atoms with Crippen LogP contribution >= 0.6 is 27.5 Å². The number of amides is 3. The van der Waals surface area contributed by atoms with Gasteiger partial charge in [0, 0.05) is 22.7 Å². The number of alkyl halides is 3. The van der Waals surface area contributed by atoms with Crippen LogP contribution in [-0.2, 0) is 22.2 Å². The van der Waals surface area contributed by atoms with Gasteiger partial charge in [0.25, 0.3) is 17.7 Å². The summed E-state index contributed by atoms with van der Waals surface area (Å²) < 4.78 is 88.9. The minimum absolute atomic E-state index is 0.0491. The first-order valence-corrected chi connectivity index (χ1v) is 17.2. The molecule has 4 aromatic carbocycles. The third-order valence-corrected chi connectivity index (χ3v) is 9.41. The molecule has 0 radical (unpaired) electrons. The number of carbonyl (C=O) groups excluding carboxylic acids is 3. The number of rotatable bonds is 9. The zero-order chi connectivity index (χ0) is 37.6. The van der Waals surface area contributed by atoms with Crippen LogP contribution in [0.5, 0.6) is 11.5 Å². The molecule has 2 aliphatic rings. The first kappa shape index (κ1) is 36.5. The van der Waals surface area contributed by atoms with E-state index < -0.39 is 52.9 Å². The Bertz CT molecular complexity index is 2260. The summed E-state index contributed by atoms with van der Waals surface area (Å²) >= 11 is 9.85. The lowest BCUT2D eigenvalue weighted by molar-refractivity contribution is -0.163. The molecule has 0 aliphatic carbocycles. The molecule has 274 valence electrons. The average molecular weight is 820 g/mol. The Kier molecular flexibility index (Phi) is 9.97. The van der Waals surface area contributed by atoms with Gasteiger partial charge in [-0.05, 0) is 83.7 Å². The standard InChI is InChI=1S/C36H25BrClF5N4O6/c37-24-17-26(44-33(48)18-13-19(36(41,42)43)15-21(40)14-18)31(53-27-16-20(39)8-9-25(27)38)29-30(24)46(10-12-52-28-7-3-4-11-51-28)45-32(29)47-34(49)22-5-1-2-6-23(22)35(47)50/h1-2,5-6,8-9,13-17,28H,3-4,7,10-12H2,(H,44,48). The van der Waals surface area contributed by atoms with Crippen LogP contribution in [0.2, 0.25) is 5.02 Å². The van der Waals surface area contributed by atoms with Crippen molar-refractivity contribution in [1.82, 2.24) is 9.78 Å². The van der Waals surface area contributed by atoms with Crippen molar-refractivity contribution >= 4 is 67.7 Å². The number of nitrogens with one attached hydrogen (secondary N) is 1. The second kappa shape index (κ2) is 14.5. The molecule has 5 aromatic rings. The Hall–Kier alpha value is -4.90. The van der Waals surface area contributed by atoms with Crippen LogP contribution in [0.25, 0.3) is 10.9 Å². The molecule has 10 nitrogen and oxygen atoms in total. The lowest BCUT2D eigenvalue weighted by atomic mass is 10.1. The average Bonchev–Trinajstić information content (AvgIpc) is 3.61. The highest BCUT2D eigenvalue weighted by atomic mass is 79.9. The summed E-state index contributed by atoms with van der Waals surface area (Å²) in [6, 6.07) is 11.9. The maximum Gasteiger partial charge on any atom is 0.416 e. The number of ether oxygens (including phenoxy) is 3. The normalized spacial score (nSPS) is 16.0.